The first-order valence-corrected chi connectivity index (χ1v) is 7.79. The fourth-order valence-corrected chi connectivity index (χ4v) is 3.86. The summed E-state index contributed by atoms with van der Waals surface area (Å²) in [6.45, 7) is 8.06. The molecule has 1 N–H and O–H groups in total. The molecule has 19 heavy (non-hydrogen) atoms. The van der Waals surface area contributed by atoms with Crippen molar-refractivity contribution in [1.82, 2.24) is 9.80 Å². The summed E-state index contributed by atoms with van der Waals surface area (Å²) in [6, 6.07) is 0. The number of nitrogens with zero attached hydrogens (tertiary/aromatic N) is 2. The van der Waals surface area contributed by atoms with Crippen LogP contribution in [0.4, 0.5) is 0 Å². The lowest BCUT2D eigenvalue weighted by Crippen LogP contribution is -2.50. The van der Waals surface area contributed by atoms with Crippen molar-refractivity contribution >= 4 is 5.91 Å². The van der Waals surface area contributed by atoms with E-state index in [1.54, 1.807) is 0 Å². The molecule has 110 valence electrons. The zero-order chi connectivity index (χ0) is 13.9. The zero-order valence-electron chi connectivity index (χ0n) is 12.4. The van der Waals surface area contributed by atoms with Crippen molar-refractivity contribution < 1.29 is 9.90 Å². The number of likely N-dealkylation sites (N-methyl/N-ethyl adjacent to an activating group) is 1. The molecular formula is C15H28N2O2. The first-order chi connectivity index (χ1) is 9.11. The summed E-state index contributed by atoms with van der Waals surface area (Å²) in [7, 11) is 0. The van der Waals surface area contributed by atoms with Gasteiger partial charge in [-0.1, -0.05) is 6.42 Å². The van der Waals surface area contributed by atoms with Gasteiger partial charge in [-0.05, 0) is 46.1 Å². The molecule has 0 aromatic carbocycles. The molecule has 2 rings (SSSR count). The second-order valence-electron chi connectivity index (χ2n) is 6.15. The molecular weight excluding hydrogens is 240 g/mol. The standard InChI is InChI=1S/C15H28N2O2/c1-3-17(4-2)14(19)11-16-10-6-9-15(12-16)8-5-7-13(15)18/h13,18H,3-12H2,1-2H3/t13-,15+/m1/s1. The van der Waals surface area contributed by atoms with E-state index in [-0.39, 0.29) is 17.4 Å². The Labute approximate surface area is 116 Å². The van der Waals surface area contributed by atoms with Gasteiger partial charge in [-0.25, -0.2) is 0 Å². The fraction of sp³-hybridized carbons (Fsp3) is 0.933. The zero-order valence-corrected chi connectivity index (χ0v) is 12.4. The summed E-state index contributed by atoms with van der Waals surface area (Å²) in [5.41, 5.74) is 0.0851. The molecule has 0 radical (unpaired) electrons. The number of hydrogen-bond acceptors (Lipinski definition) is 3. The number of rotatable bonds is 4. The molecule has 0 bridgehead atoms. The van der Waals surface area contributed by atoms with E-state index in [0.717, 1.165) is 58.3 Å². The van der Waals surface area contributed by atoms with Crippen LogP contribution < -0.4 is 0 Å². The summed E-state index contributed by atoms with van der Waals surface area (Å²) in [4.78, 5) is 16.3. The third-order valence-electron chi connectivity index (χ3n) is 5.02. The minimum atomic E-state index is -0.154. The van der Waals surface area contributed by atoms with E-state index in [1.165, 1.54) is 0 Å². The molecule has 1 spiro atoms. The van der Waals surface area contributed by atoms with Crippen LogP contribution in [0.15, 0.2) is 0 Å². The third-order valence-corrected chi connectivity index (χ3v) is 5.02. The summed E-state index contributed by atoms with van der Waals surface area (Å²) < 4.78 is 0. The average Bonchev–Trinajstić information content (AvgIpc) is 2.72. The number of piperidine rings is 1. The molecule has 2 fully saturated rings. The number of carbonyl (C=O) groups excluding carboxylic acids is 1. The third kappa shape index (κ3) is 3.11. The molecule has 4 nitrogen and oxygen atoms in total. The minimum Gasteiger partial charge on any atom is -0.393 e. The Morgan fingerprint density at radius 2 is 2.00 bits per heavy atom. The number of aliphatic hydroxyl groups excluding tert-OH is 1. The number of likely N-dealkylation sites (tertiary alicyclic amines) is 1. The summed E-state index contributed by atoms with van der Waals surface area (Å²) in [5, 5.41) is 10.2. The first kappa shape index (κ1) is 14.8. The van der Waals surface area contributed by atoms with Crippen LogP contribution in [-0.2, 0) is 4.79 Å². The molecule has 1 saturated carbocycles. The quantitative estimate of drug-likeness (QED) is 0.840. The van der Waals surface area contributed by atoms with Gasteiger partial charge in [-0.15, -0.1) is 0 Å². The van der Waals surface area contributed by atoms with Crippen LogP contribution in [0, 0.1) is 5.41 Å². The monoisotopic (exact) mass is 268 g/mol. The van der Waals surface area contributed by atoms with Crippen molar-refractivity contribution in [3.8, 4) is 0 Å². The van der Waals surface area contributed by atoms with Crippen LogP contribution in [0.25, 0.3) is 0 Å². The Bertz CT molecular complexity index is 317. The van der Waals surface area contributed by atoms with Crippen molar-refractivity contribution in [3.63, 3.8) is 0 Å². The van der Waals surface area contributed by atoms with Crippen LogP contribution >= 0.6 is 0 Å². The Morgan fingerprint density at radius 1 is 1.32 bits per heavy atom. The molecule has 1 aliphatic carbocycles. The second kappa shape index (κ2) is 6.23. The van der Waals surface area contributed by atoms with E-state index in [1.807, 2.05) is 18.7 Å². The number of carbonyl (C=O) groups is 1. The van der Waals surface area contributed by atoms with Crippen molar-refractivity contribution in [1.29, 1.82) is 0 Å². The van der Waals surface area contributed by atoms with Gasteiger partial charge in [0.15, 0.2) is 0 Å². The number of aliphatic hydroxyl groups is 1. The van der Waals surface area contributed by atoms with Crippen molar-refractivity contribution in [2.75, 3.05) is 32.7 Å². The SMILES string of the molecule is CCN(CC)C(=O)CN1CCC[C@@]2(CCC[C@H]2O)C1. The van der Waals surface area contributed by atoms with Crippen molar-refractivity contribution in [2.24, 2.45) is 5.41 Å². The van der Waals surface area contributed by atoms with Gasteiger partial charge in [0.05, 0.1) is 12.6 Å². The van der Waals surface area contributed by atoms with Gasteiger partial charge in [-0.2, -0.15) is 0 Å². The Morgan fingerprint density at radius 3 is 2.58 bits per heavy atom. The van der Waals surface area contributed by atoms with E-state index in [0.29, 0.717) is 6.54 Å². The predicted octanol–water partition coefficient (Wildman–Crippen LogP) is 1.48. The van der Waals surface area contributed by atoms with E-state index >= 15 is 0 Å². The topological polar surface area (TPSA) is 43.8 Å². The lowest BCUT2D eigenvalue weighted by Gasteiger charge is -2.42. The maximum atomic E-state index is 12.2. The fourth-order valence-electron chi connectivity index (χ4n) is 3.86. The maximum absolute atomic E-state index is 12.2. The largest absolute Gasteiger partial charge is 0.393 e. The molecule has 4 heteroatoms. The van der Waals surface area contributed by atoms with Crippen molar-refractivity contribution in [3.05, 3.63) is 0 Å². The number of hydrogen-bond donors (Lipinski definition) is 1. The van der Waals surface area contributed by atoms with E-state index in [9.17, 15) is 9.90 Å². The van der Waals surface area contributed by atoms with Crippen molar-refractivity contribution in [2.45, 2.75) is 52.1 Å². The normalized spacial score (nSPS) is 31.8. The Kier molecular flexibility index (Phi) is 4.85. The molecule has 2 aliphatic rings. The van der Waals surface area contributed by atoms with E-state index in [4.69, 9.17) is 0 Å². The molecule has 1 aliphatic heterocycles. The molecule has 0 aromatic heterocycles. The van der Waals surface area contributed by atoms with E-state index in [2.05, 4.69) is 4.90 Å². The summed E-state index contributed by atoms with van der Waals surface area (Å²) >= 11 is 0. The van der Waals surface area contributed by atoms with Gasteiger partial charge in [0.2, 0.25) is 5.91 Å². The number of amides is 1. The minimum absolute atomic E-state index is 0.0851. The van der Waals surface area contributed by atoms with Crippen LogP contribution in [0.1, 0.15) is 46.0 Å². The molecule has 0 unspecified atom stereocenters. The van der Waals surface area contributed by atoms with Gasteiger partial charge >= 0.3 is 0 Å². The Balaban J connectivity index is 1.93. The summed E-state index contributed by atoms with van der Waals surface area (Å²) in [6.07, 6.45) is 5.30. The average molecular weight is 268 g/mol. The highest BCUT2D eigenvalue weighted by Crippen LogP contribution is 2.44. The van der Waals surface area contributed by atoms with Crippen LogP contribution in [0.5, 0.6) is 0 Å². The van der Waals surface area contributed by atoms with Gasteiger partial charge in [0, 0.05) is 25.0 Å². The first-order valence-electron chi connectivity index (χ1n) is 7.79. The molecule has 2 atom stereocenters. The van der Waals surface area contributed by atoms with Crippen LogP contribution in [0.3, 0.4) is 0 Å². The van der Waals surface area contributed by atoms with Crippen LogP contribution in [-0.4, -0.2) is 59.6 Å². The highest BCUT2D eigenvalue weighted by atomic mass is 16.3. The van der Waals surface area contributed by atoms with Gasteiger partial charge in [-0.3, -0.25) is 9.69 Å². The highest BCUT2D eigenvalue weighted by Gasteiger charge is 2.44. The smallest absolute Gasteiger partial charge is 0.236 e. The summed E-state index contributed by atoms with van der Waals surface area (Å²) in [5.74, 6) is 0.231. The Hall–Kier alpha value is -0.610. The van der Waals surface area contributed by atoms with Crippen LogP contribution in [0.2, 0.25) is 0 Å². The molecule has 0 aromatic rings. The lowest BCUT2D eigenvalue weighted by molar-refractivity contribution is -0.133. The van der Waals surface area contributed by atoms with Gasteiger partial charge < -0.3 is 10.0 Å². The molecule has 1 heterocycles. The molecule has 1 amide bonds. The second-order valence-corrected chi connectivity index (χ2v) is 6.15. The highest BCUT2D eigenvalue weighted by molar-refractivity contribution is 5.78. The van der Waals surface area contributed by atoms with Gasteiger partial charge in [0.25, 0.3) is 0 Å². The van der Waals surface area contributed by atoms with E-state index < -0.39 is 0 Å². The lowest BCUT2D eigenvalue weighted by atomic mass is 9.77. The predicted molar refractivity (Wildman–Crippen MR) is 75.9 cm³/mol. The maximum Gasteiger partial charge on any atom is 0.236 e. The molecule has 1 saturated heterocycles. The van der Waals surface area contributed by atoms with Gasteiger partial charge in [0.1, 0.15) is 0 Å².